The molecular formula is C21H22ClFN4O2S. The lowest BCUT2D eigenvalue weighted by atomic mass is 10.1. The van der Waals surface area contributed by atoms with Crippen molar-refractivity contribution >= 4 is 35.0 Å². The number of nitrogens with one attached hydrogen (secondary N) is 1. The zero-order chi connectivity index (χ0) is 21.8. The molecule has 0 aliphatic carbocycles. The number of rotatable bonds is 7. The summed E-state index contributed by atoms with van der Waals surface area (Å²) in [4.78, 5) is 12.2. The molecule has 30 heavy (non-hydrogen) atoms. The van der Waals surface area contributed by atoms with E-state index in [4.69, 9.17) is 16.3 Å². The number of halogens is 2. The minimum Gasteiger partial charge on any atom is -0.483 e. The lowest BCUT2D eigenvalue weighted by Crippen LogP contribution is -2.15. The molecule has 1 unspecified atom stereocenters. The molecule has 0 saturated heterocycles. The van der Waals surface area contributed by atoms with Gasteiger partial charge in [0.1, 0.15) is 11.6 Å². The number of carbonyl (C=O) groups excluding carboxylic acids is 1. The maximum Gasteiger partial charge on any atom is 0.234 e. The molecule has 3 rings (SSSR count). The van der Waals surface area contributed by atoms with Crippen LogP contribution in [0.4, 0.5) is 10.1 Å². The Morgan fingerprint density at radius 1 is 1.23 bits per heavy atom. The van der Waals surface area contributed by atoms with Crippen LogP contribution in [0.15, 0.2) is 41.6 Å². The van der Waals surface area contributed by atoms with Crippen LogP contribution in [0, 0.1) is 19.7 Å². The van der Waals surface area contributed by atoms with Crippen LogP contribution in [0.5, 0.6) is 5.75 Å². The summed E-state index contributed by atoms with van der Waals surface area (Å²) in [7, 11) is 1.83. The van der Waals surface area contributed by atoms with Crippen molar-refractivity contribution in [2.75, 3.05) is 11.1 Å². The molecule has 0 bridgehead atoms. The highest BCUT2D eigenvalue weighted by Crippen LogP contribution is 2.25. The molecule has 0 fully saturated rings. The molecule has 9 heteroatoms. The number of aromatic nitrogens is 3. The predicted octanol–water partition coefficient (Wildman–Crippen LogP) is 5.10. The van der Waals surface area contributed by atoms with E-state index in [9.17, 15) is 9.18 Å². The van der Waals surface area contributed by atoms with E-state index in [1.165, 1.54) is 35.5 Å². The van der Waals surface area contributed by atoms with Crippen molar-refractivity contribution in [1.82, 2.24) is 14.8 Å². The lowest BCUT2D eigenvalue weighted by Gasteiger charge is -2.15. The highest BCUT2D eigenvalue weighted by Gasteiger charge is 2.18. The van der Waals surface area contributed by atoms with E-state index in [0.717, 1.165) is 11.3 Å². The number of hydrogen-bond acceptors (Lipinski definition) is 5. The third-order valence-electron chi connectivity index (χ3n) is 4.56. The minimum atomic E-state index is -0.534. The molecule has 1 N–H and O–H groups in total. The Hall–Kier alpha value is -2.58. The van der Waals surface area contributed by atoms with Gasteiger partial charge in [-0.05, 0) is 62.2 Å². The van der Waals surface area contributed by atoms with Crippen molar-refractivity contribution in [3.63, 3.8) is 0 Å². The van der Waals surface area contributed by atoms with Crippen LogP contribution < -0.4 is 10.1 Å². The first-order valence-electron chi connectivity index (χ1n) is 9.25. The van der Waals surface area contributed by atoms with Gasteiger partial charge in [-0.3, -0.25) is 4.79 Å². The van der Waals surface area contributed by atoms with E-state index >= 15 is 0 Å². The number of ether oxygens (including phenoxy) is 1. The van der Waals surface area contributed by atoms with E-state index in [1.807, 2.05) is 39.1 Å². The Bertz CT molecular complexity index is 1070. The number of thioether (sulfide) groups is 1. The van der Waals surface area contributed by atoms with Crippen LogP contribution in [0.1, 0.15) is 30.0 Å². The fraction of sp³-hybridized carbons (Fsp3) is 0.286. The van der Waals surface area contributed by atoms with E-state index in [-0.39, 0.29) is 22.8 Å². The molecule has 3 aromatic rings. The summed E-state index contributed by atoms with van der Waals surface area (Å²) in [6, 6.07) is 9.96. The van der Waals surface area contributed by atoms with Gasteiger partial charge in [0.05, 0.1) is 10.8 Å². The standard InChI is InChI=1S/C21H22ClFN4O2S/c1-12-5-7-16(9-13(12)2)29-14(3)20-25-26-21(27(20)4)30-11-19(28)24-15-6-8-18(23)17(22)10-15/h5-10,14H,11H2,1-4H3,(H,24,28). The topological polar surface area (TPSA) is 69.0 Å². The van der Waals surface area contributed by atoms with Crippen LogP contribution >= 0.6 is 23.4 Å². The van der Waals surface area contributed by atoms with Crippen molar-refractivity contribution in [3.8, 4) is 5.75 Å². The molecule has 1 atom stereocenters. The van der Waals surface area contributed by atoms with Gasteiger partial charge in [0.25, 0.3) is 0 Å². The summed E-state index contributed by atoms with van der Waals surface area (Å²) >= 11 is 6.98. The smallest absolute Gasteiger partial charge is 0.234 e. The van der Waals surface area contributed by atoms with Crippen molar-refractivity contribution in [2.24, 2.45) is 7.05 Å². The Morgan fingerprint density at radius 3 is 2.70 bits per heavy atom. The number of carbonyl (C=O) groups is 1. The third-order valence-corrected chi connectivity index (χ3v) is 5.87. The molecule has 1 heterocycles. The second kappa shape index (κ2) is 9.49. The number of aryl methyl sites for hydroxylation is 2. The molecule has 0 spiro atoms. The van der Waals surface area contributed by atoms with E-state index in [0.29, 0.717) is 16.7 Å². The molecule has 0 radical (unpaired) electrons. The summed E-state index contributed by atoms with van der Waals surface area (Å²) in [6.07, 6.45) is -0.311. The van der Waals surface area contributed by atoms with Gasteiger partial charge in [0.2, 0.25) is 5.91 Å². The number of nitrogens with zero attached hydrogens (tertiary/aromatic N) is 3. The van der Waals surface area contributed by atoms with Crippen molar-refractivity contribution < 1.29 is 13.9 Å². The molecule has 6 nitrogen and oxygen atoms in total. The van der Waals surface area contributed by atoms with E-state index in [2.05, 4.69) is 22.4 Å². The van der Waals surface area contributed by atoms with Crippen molar-refractivity contribution in [1.29, 1.82) is 0 Å². The number of benzene rings is 2. The van der Waals surface area contributed by atoms with E-state index < -0.39 is 5.82 Å². The first-order chi connectivity index (χ1) is 14.2. The Labute approximate surface area is 183 Å². The minimum absolute atomic E-state index is 0.0452. The number of hydrogen-bond donors (Lipinski definition) is 1. The van der Waals surface area contributed by atoms with Crippen LogP contribution in [-0.2, 0) is 11.8 Å². The average molecular weight is 449 g/mol. The SMILES string of the molecule is Cc1ccc(OC(C)c2nnc(SCC(=O)Nc3ccc(F)c(Cl)c3)n2C)cc1C. The normalized spacial score (nSPS) is 11.9. The Kier molecular flexibility index (Phi) is 6.99. The summed E-state index contributed by atoms with van der Waals surface area (Å²) < 4.78 is 21.0. The van der Waals surface area contributed by atoms with Gasteiger partial charge in [0, 0.05) is 12.7 Å². The summed E-state index contributed by atoms with van der Waals surface area (Å²) in [6.45, 7) is 5.99. The molecule has 0 aliphatic rings. The van der Waals surface area contributed by atoms with Gasteiger partial charge in [-0.1, -0.05) is 29.4 Å². The Balaban J connectivity index is 1.59. The maximum absolute atomic E-state index is 13.2. The lowest BCUT2D eigenvalue weighted by molar-refractivity contribution is -0.113. The molecule has 0 aliphatic heterocycles. The van der Waals surface area contributed by atoms with Gasteiger partial charge in [0.15, 0.2) is 17.1 Å². The van der Waals surface area contributed by atoms with Crippen molar-refractivity contribution in [3.05, 3.63) is 64.2 Å². The molecule has 2 aromatic carbocycles. The first kappa shape index (κ1) is 22.1. The largest absolute Gasteiger partial charge is 0.483 e. The van der Waals surface area contributed by atoms with Gasteiger partial charge in [-0.25, -0.2) is 4.39 Å². The molecular weight excluding hydrogens is 427 g/mol. The van der Waals surface area contributed by atoms with Crippen molar-refractivity contribution in [2.45, 2.75) is 32.0 Å². The summed E-state index contributed by atoms with van der Waals surface area (Å²) in [5.41, 5.74) is 2.79. The van der Waals surface area contributed by atoms with Crippen LogP contribution in [0.25, 0.3) is 0 Å². The molecule has 158 valence electrons. The third kappa shape index (κ3) is 5.31. The molecule has 1 aromatic heterocycles. The fourth-order valence-electron chi connectivity index (χ4n) is 2.75. The maximum atomic E-state index is 13.2. The average Bonchev–Trinajstić information content (AvgIpc) is 3.06. The van der Waals surface area contributed by atoms with Gasteiger partial charge >= 0.3 is 0 Å². The second-order valence-corrected chi connectivity index (χ2v) is 8.22. The van der Waals surface area contributed by atoms with Gasteiger partial charge in [-0.2, -0.15) is 0 Å². The summed E-state index contributed by atoms with van der Waals surface area (Å²) in [5, 5.41) is 11.6. The summed E-state index contributed by atoms with van der Waals surface area (Å²) in [5.74, 6) is 0.744. The van der Waals surface area contributed by atoms with Crippen LogP contribution in [0.2, 0.25) is 5.02 Å². The highest BCUT2D eigenvalue weighted by molar-refractivity contribution is 7.99. The van der Waals surface area contributed by atoms with Crippen LogP contribution in [-0.4, -0.2) is 26.4 Å². The predicted molar refractivity (Wildman–Crippen MR) is 117 cm³/mol. The van der Waals surface area contributed by atoms with E-state index in [1.54, 1.807) is 4.57 Å². The van der Waals surface area contributed by atoms with Gasteiger partial charge < -0.3 is 14.6 Å². The van der Waals surface area contributed by atoms with Gasteiger partial charge in [-0.15, -0.1) is 10.2 Å². The monoisotopic (exact) mass is 448 g/mol. The molecule has 1 amide bonds. The highest BCUT2D eigenvalue weighted by atomic mass is 35.5. The fourth-order valence-corrected chi connectivity index (χ4v) is 3.65. The second-order valence-electron chi connectivity index (χ2n) is 6.87. The molecule has 0 saturated carbocycles. The quantitative estimate of drug-likeness (QED) is 0.509. The van der Waals surface area contributed by atoms with Crippen LogP contribution in [0.3, 0.4) is 0 Å². The number of anilines is 1. The number of amides is 1. The zero-order valence-electron chi connectivity index (χ0n) is 17.1. The first-order valence-corrected chi connectivity index (χ1v) is 10.6. The Morgan fingerprint density at radius 2 is 2.00 bits per heavy atom. The zero-order valence-corrected chi connectivity index (χ0v) is 18.6.